The van der Waals surface area contributed by atoms with Gasteiger partial charge >= 0.3 is 5.97 Å². The fourth-order valence-electron chi connectivity index (χ4n) is 4.07. The second-order valence-electron chi connectivity index (χ2n) is 7.86. The minimum Gasteiger partial charge on any atom is -0.484 e. The van der Waals surface area contributed by atoms with Crippen molar-refractivity contribution < 1.29 is 19.1 Å². The lowest BCUT2D eigenvalue weighted by Crippen LogP contribution is -2.50. The number of hydrogen-bond acceptors (Lipinski definition) is 4. The van der Waals surface area contributed by atoms with Crippen LogP contribution in [0.25, 0.3) is 0 Å². The first-order valence-corrected chi connectivity index (χ1v) is 9.82. The summed E-state index contributed by atoms with van der Waals surface area (Å²) in [4.78, 5) is 26.7. The minimum absolute atomic E-state index is 0.0211. The molecular weight excluding hydrogens is 354 g/mol. The Morgan fingerprint density at radius 1 is 1.18 bits per heavy atom. The number of fused-ring (bicyclic) bond motifs is 2. The summed E-state index contributed by atoms with van der Waals surface area (Å²) in [6.45, 7) is 5.28. The molecule has 2 aliphatic heterocycles. The van der Waals surface area contributed by atoms with E-state index in [2.05, 4.69) is 13.8 Å². The average molecular weight is 379 g/mol. The Kier molecular flexibility index (Phi) is 4.84. The summed E-state index contributed by atoms with van der Waals surface area (Å²) < 4.78 is 11.5. The zero-order chi connectivity index (χ0) is 19.7. The lowest BCUT2D eigenvalue weighted by molar-refractivity contribution is -0.140. The Balaban J connectivity index is 1.42. The van der Waals surface area contributed by atoms with Crippen LogP contribution in [0, 0.1) is 0 Å². The molecule has 1 unspecified atom stereocenters. The maximum Gasteiger partial charge on any atom is 0.339 e. The third kappa shape index (κ3) is 3.37. The van der Waals surface area contributed by atoms with Gasteiger partial charge in [-0.15, -0.1) is 0 Å². The Hall–Kier alpha value is -2.82. The molecule has 1 fully saturated rings. The number of rotatable bonds is 4. The Labute approximate surface area is 165 Å². The van der Waals surface area contributed by atoms with Crippen LogP contribution in [-0.2, 0) is 15.1 Å². The maximum absolute atomic E-state index is 12.7. The van der Waals surface area contributed by atoms with E-state index in [4.69, 9.17) is 9.47 Å². The highest BCUT2D eigenvalue weighted by Crippen LogP contribution is 2.42. The summed E-state index contributed by atoms with van der Waals surface area (Å²) in [5.41, 5.74) is 2.01. The first-order valence-electron chi connectivity index (χ1n) is 9.82. The van der Waals surface area contributed by atoms with E-state index in [1.807, 2.05) is 42.5 Å². The van der Waals surface area contributed by atoms with Crippen LogP contribution in [0.15, 0.2) is 48.5 Å². The summed E-state index contributed by atoms with van der Waals surface area (Å²) in [5.74, 6) is 0.748. The Morgan fingerprint density at radius 3 is 2.68 bits per heavy atom. The van der Waals surface area contributed by atoms with Gasteiger partial charge in [-0.25, -0.2) is 4.79 Å². The lowest BCUT2D eigenvalue weighted by Gasteiger charge is -2.39. The molecule has 4 rings (SSSR count). The van der Waals surface area contributed by atoms with Crippen LogP contribution in [-0.4, -0.2) is 36.5 Å². The van der Waals surface area contributed by atoms with E-state index >= 15 is 0 Å². The highest BCUT2D eigenvalue weighted by Gasteiger charge is 2.48. The van der Waals surface area contributed by atoms with E-state index in [9.17, 15) is 9.59 Å². The SMILES string of the molecule is CC(C)c1ccc(OCC(=O)N2CCCC3(C2)OC(=O)c2ccccc23)cc1. The molecule has 0 N–H and O–H groups in total. The van der Waals surface area contributed by atoms with Crippen molar-refractivity contribution in [1.29, 1.82) is 0 Å². The summed E-state index contributed by atoms with van der Waals surface area (Å²) >= 11 is 0. The van der Waals surface area contributed by atoms with Gasteiger partial charge in [-0.1, -0.05) is 44.2 Å². The molecule has 2 aromatic rings. The minimum atomic E-state index is -0.722. The molecule has 1 saturated heterocycles. The van der Waals surface area contributed by atoms with Crippen LogP contribution in [0.2, 0.25) is 0 Å². The van der Waals surface area contributed by atoms with Crippen molar-refractivity contribution in [2.75, 3.05) is 19.7 Å². The molecule has 28 heavy (non-hydrogen) atoms. The van der Waals surface area contributed by atoms with Crippen LogP contribution < -0.4 is 4.74 Å². The molecule has 0 bridgehead atoms. The van der Waals surface area contributed by atoms with Gasteiger partial charge in [0.05, 0.1) is 12.1 Å². The quantitative estimate of drug-likeness (QED) is 0.757. The number of nitrogens with zero attached hydrogens (tertiary/aromatic N) is 1. The van der Waals surface area contributed by atoms with Crippen LogP contribution in [0.5, 0.6) is 5.75 Å². The number of likely N-dealkylation sites (tertiary alicyclic amines) is 1. The van der Waals surface area contributed by atoms with Crippen molar-refractivity contribution in [3.63, 3.8) is 0 Å². The number of amides is 1. The standard InChI is InChI=1S/C23H25NO4/c1-16(2)17-8-10-18(11-9-17)27-14-21(25)24-13-5-12-23(15-24)20-7-4-3-6-19(20)22(26)28-23/h3-4,6-11,16H,5,12-15H2,1-2H3. The van der Waals surface area contributed by atoms with Gasteiger partial charge in [0.25, 0.3) is 5.91 Å². The molecule has 1 amide bonds. The van der Waals surface area contributed by atoms with Gasteiger partial charge in [0.1, 0.15) is 5.75 Å². The van der Waals surface area contributed by atoms with Crippen LogP contribution in [0.3, 0.4) is 0 Å². The van der Waals surface area contributed by atoms with Gasteiger partial charge in [0.15, 0.2) is 12.2 Å². The molecule has 1 spiro atoms. The second kappa shape index (κ2) is 7.30. The number of ether oxygens (including phenoxy) is 2. The maximum atomic E-state index is 12.7. The fraction of sp³-hybridized carbons (Fsp3) is 0.391. The average Bonchev–Trinajstić information content (AvgIpc) is 2.98. The van der Waals surface area contributed by atoms with E-state index in [0.717, 1.165) is 18.4 Å². The van der Waals surface area contributed by atoms with Gasteiger partial charge in [0.2, 0.25) is 0 Å². The smallest absolute Gasteiger partial charge is 0.339 e. The van der Waals surface area contributed by atoms with Crippen molar-refractivity contribution in [1.82, 2.24) is 4.90 Å². The van der Waals surface area contributed by atoms with E-state index in [0.29, 0.717) is 30.3 Å². The largest absolute Gasteiger partial charge is 0.484 e. The number of carbonyl (C=O) groups is 2. The molecular formula is C23H25NO4. The fourth-order valence-corrected chi connectivity index (χ4v) is 4.07. The number of benzene rings is 2. The number of esters is 1. The summed E-state index contributed by atoms with van der Waals surface area (Å²) in [5, 5.41) is 0. The van der Waals surface area contributed by atoms with Crippen molar-refractivity contribution in [2.24, 2.45) is 0 Å². The Bertz CT molecular complexity index is 890. The topological polar surface area (TPSA) is 55.8 Å². The number of carbonyl (C=O) groups excluding carboxylic acids is 2. The van der Waals surface area contributed by atoms with Crippen molar-refractivity contribution in [3.05, 3.63) is 65.2 Å². The first-order chi connectivity index (χ1) is 13.5. The first kappa shape index (κ1) is 18.5. The third-order valence-electron chi connectivity index (χ3n) is 5.64. The van der Waals surface area contributed by atoms with Gasteiger partial charge in [-0.3, -0.25) is 4.79 Å². The molecule has 1 atom stereocenters. The number of piperidine rings is 1. The van der Waals surface area contributed by atoms with Crippen LogP contribution >= 0.6 is 0 Å². The van der Waals surface area contributed by atoms with Gasteiger partial charge in [0, 0.05) is 12.1 Å². The monoisotopic (exact) mass is 379 g/mol. The molecule has 0 aliphatic carbocycles. The van der Waals surface area contributed by atoms with Gasteiger partial charge in [-0.2, -0.15) is 0 Å². The normalized spacial score (nSPS) is 21.0. The van der Waals surface area contributed by atoms with Crippen LogP contribution in [0.4, 0.5) is 0 Å². The molecule has 146 valence electrons. The van der Waals surface area contributed by atoms with E-state index < -0.39 is 5.60 Å². The number of hydrogen-bond donors (Lipinski definition) is 0. The third-order valence-corrected chi connectivity index (χ3v) is 5.64. The predicted octanol–water partition coefficient (Wildman–Crippen LogP) is 3.88. The van der Waals surface area contributed by atoms with E-state index in [-0.39, 0.29) is 18.5 Å². The zero-order valence-corrected chi connectivity index (χ0v) is 16.3. The lowest BCUT2D eigenvalue weighted by atomic mass is 9.85. The van der Waals surface area contributed by atoms with Crippen molar-refractivity contribution in [3.8, 4) is 5.75 Å². The predicted molar refractivity (Wildman–Crippen MR) is 105 cm³/mol. The molecule has 0 aromatic heterocycles. The molecule has 0 saturated carbocycles. The molecule has 2 heterocycles. The molecule has 5 heteroatoms. The second-order valence-corrected chi connectivity index (χ2v) is 7.86. The summed E-state index contributed by atoms with van der Waals surface area (Å²) in [7, 11) is 0. The van der Waals surface area contributed by atoms with Crippen molar-refractivity contribution >= 4 is 11.9 Å². The van der Waals surface area contributed by atoms with Gasteiger partial charge < -0.3 is 14.4 Å². The van der Waals surface area contributed by atoms with Crippen LogP contribution in [0.1, 0.15) is 54.1 Å². The molecule has 5 nitrogen and oxygen atoms in total. The Morgan fingerprint density at radius 2 is 1.93 bits per heavy atom. The zero-order valence-electron chi connectivity index (χ0n) is 16.3. The molecule has 2 aromatic carbocycles. The molecule has 2 aliphatic rings. The van der Waals surface area contributed by atoms with E-state index in [1.165, 1.54) is 5.56 Å². The highest BCUT2D eigenvalue weighted by molar-refractivity contribution is 5.95. The van der Waals surface area contributed by atoms with Crippen molar-refractivity contribution in [2.45, 2.75) is 38.2 Å². The van der Waals surface area contributed by atoms with E-state index in [1.54, 1.807) is 11.0 Å². The highest BCUT2D eigenvalue weighted by atomic mass is 16.6. The molecule has 0 radical (unpaired) electrons. The summed E-state index contributed by atoms with van der Waals surface area (Å²) in [6, 6.07) is 15.3. The summed E-state index contributed by atoms with van der Waals surface area (Å²) in [6.07, 6.45) is 1.52. The van der Waals surface area contributed by atoms with Gasteiger partial charge in [-0.05, 0) is 42.5 Å².